The number of nitrogens with one attached hydrogen (secondary N) is 2. The van der Waals surface area contributed by atoms with Crippen LogP contribution in [0.25, 0.3) is 10.2 Å². The van der Waals surface area contributed by atoms with Crippen LogP contribution in [0.15, 0.2) is 29.6 Å². The molecule has 2 aliphatic rings. The molecule has 3 aromatic rings. The Kier molecular flexibility index (Phi) is 5.08. The number of carbonyl (C=O) groups excluding carboxylic acids is 1. The van der Waals surface area contributed by atoms with Crippen molar-refractivity contribution in [2.75, 3.05) is 41.7 Å². The second-order valence-corrected chi connectivity index (χ2v) is 8.83. The van der Waals surface area contributed by atoms with Crippen molar-refractivity contribution in [3.8, 4) is 6.07 Å². The average molecular weight is 434 g/mol. The lowest BCUT2D eigenvalue weighted by Gasteiger charge is -2.36. The minimum Gasteiger partial charge on any atom is -0.367 e. The predicted molar refractivity (Wildman–Crippen MR) is 123 cm³/mol. The summed E-state index contributed by atoms with van der Waals surface area (Å²) in [5.41, 5.74) is 3.16. The van der Waals surface area contributed by atoms with E-state index in [-0.39, 0.29) is 5.91 Å². The monoisotopic (exact) mass is 433 g/mol. The number of hydrogen-bond donors (Lipinski definition) is 2. The zero-order valence-electron chi connectivity index (χ0n) is 17.3. The van der Waals surface area contributed by atoms with Crippen LogP contribution in [-0.4, -0.2) is 53.0 Å². The first-order valence-corrected chi connectivity index (χ1v) is 11.3. The van der Waals surface area contributed by atoms with Crippen molar-refractivity contribution in [2.45, 2.75) is 25.8 Å². The fourth-order valence-corrected chi connectivity index (χ4v) is 4.59. The third kappa shape index (κ3) is 4.11. The van der Waals surface area contributed by atoms with Gasteiger partial charge in [0, 0.05) is 44.8 Å². The summed E-state index contributed by atoms with van der Waals surface area (Å²) in [6.45, 7) is 4.37. The maximum atomic E-state index is 11.6. The van der Waals surface area contributed by atoms with Crippen LogP contribution in [0.5, 0.6) is 0 Å². The summed E-state index contributed by atoms with van der Waals surface area (Å²) >= 11 is 1.64. The van der Waals surface area contributed by atoms with E-state index < -0.39 is 0 Å². The first kappa shape index (κ1) is 19.6. The molecule has 0 atom stereocenters. The molecule has 0 radical (unpaired) electrons. The van der Waals surface area contributed by atoms with E-state index in [0.29, 0.717) is 30.6 Å². The van der Waals surface area contributed by atoms with E-state index in [4.69, 9.17) is 0 Å². The van der Waals surface area contributed by atoms with Gasteiger partial charge in [-0.25, -0.2) is 4.98 Å². The fourth-order valence-electron chi connectivity index (χ4n) is 3.81. The van der Waals surface area contributed by atoms with E-state index in [1.807, 2.05) is 34.5 Å². The topological polar surface area (TPSA) is 97.2 Å². The highest BCUT2D eigenvalue weighted by Gasteiger charge is 2.24. The summed E-state index contributed by atoms with van der Waals surface area (Å²) in [7, 11) is 0. The molecular formula is C22H23N7OS. The van der Waals surface area contributed by atoms with Gasteiger partial charge in [-0.2, -0.15) is 10.2 Å². The van der Waals surface area contributed by atoms with Gasteiger partial charge in [0.2, 0.25) is 11.9 Å². The minimum absolute atomic E-state index is 0.0952. The smallest absolute Gasteiger partial charge is 0.229 e. The third-order valence-corrected chi connectivity index (χ3v) is 6.57. The molecule has 1 amide bonds. The maximum absolute atomic E-state index is 11.6. The Morgan fingerprint density at radius 1 is 1.19 bits per heavy atom. The van der Waals surface area contributed by atoms with Crippen LogP contribution < -0.4 is 15.5 Å². The number of aromatic nitrogens is 2. The number of hydrogen-bond acceptors (Lipinski definition) is 8. The minimum atomic E-state index is 0.0952. The van der Waals surface area contributed by atoms with Crippen molar-refractivity contribution < 1.29 is 4.79 Å². The van der Waals surface area contributed by atoms with Gasteiger partial charge in [0.05, 0.1) is 21.5 Å². The number of anilines is 4. The number of carbonyl (C=O) groups is 1. The summed E-state index contributed by atoms with van der Waals surface area (Å²) in [6, 6.07) is 10.5. The molecule has 2 fully saturated rings. The van der Waals surface area contributed by atoms with Crippen LogP contribution in [0.4, 0.5) is 23.1 Å². The van der Waals surface area contributed by atoms with Crippen molar-refractivity contribution in [1.29, 1.82) is 5.26 Å². The largest absolute Gasteiger partial charge is 0.367 e. The molecule has 0 unspecified atom stereocenters. The molecule has 1 saturated heterocycles. The quantitative estimate of drug-likeness (QED) is 0.635. The highest BCUT2D eigenvalue weighted by Crippen LogP contribution is 2.33. The third-order valence-electron chi connectivity index (χ3n) is 5.66. The van der Waals surface area contributed by atoms with Crippen molar-refractivity contribution in [3.63, 3.8) is 0 Å². The first-order chi connectivity index (χ1) is 15.1. The van der Waals surface area contributed by atoms with Gasteiger partial charge < -0.3 is 20.4 Å². The highest BCUT2D eigenvalue weighted by atomic mass is 32.1. The van der Waals surface area contributed by atoms with Crippen LogP contribution in [0.2, 0.25) is 0 Å². The second kappa shape index (κ2) is 8.04. The predicted octanol–water partition coefficient (Wildman–Crippen LogP) is 3.55. The lowest BCUT2D eigenvalue weighted by atomic mass is 10.1. The van der Waals surface area contributed by atoms with E-state index >= 15 is 0 Å². The zero-order chi connectivity index (χ0) is 21.4. The van der Waals surface area contributed by atoms with Gasteiger partial charge >= 0.3 is 0 Å². The maximum Gasteiger partial charge on any atom is 0.229 e. The zero-order valence-corrected chi connectivity index (χ0v) is 18.1. The van der Waals surface area contributed by atoms with Gasteiger partial charge in [0.1, 0.15) is 11.9 Å². The van der Waals surface area contributed by atoms with Crippen LogP contribution in [0.1, 0.15) is 25.3 Å². The van der Waals surface area contributed by atoms with Gasteiger partial charge in [0.25, 0.3) is 0 Å². The van der Waals surface area contributed by atoms with E-state index in [2.05, 4.69) is 31.6 Å². The number of nitriles is 1. The molecule has 158 valence electrons. The lowest BCUT2D eigenvalue weighted by Crippen LogP contribution is -2.48. The Balaban J connectivity index is 1.37. The van der Waals surface area contributed by atoms with Gasteiger partial charge in [-0.1, -0.05) is 0 Å². The van der Waals surface area contributed by atoms with E-state index in [1.54, 1.807) is 18.3 Å². The van der Waals surface area contributed by atoms with Crippen LogP contribution >= 0.6 is 11.3 Å². The molecule has 0 bridgehead atoms. The van der Waals surface area contributed by atoms with Crippen molar-refractivity contribution in [3.05, 3.63) is 35.2 Å². The molecule has 5 rings (SSSR count). The highest BCUT2D eigenvalue weighted by molar-refractivity contribution is 7.17. The van der Waals surface area contributed by atoms with E-state index in [1.165, 1.54) is 12.8 Å². The molecule has 0 spiro atoms. The van der Waals surface area contributed by atoms with Crippen LogP contribution in [0.3, 0.4) is 0 Å². The molecule has 9 heteroatoms. The summed E-state index contributed by atoms with van der Waals surface area (Å²) < 4.78 is 1.07. The number of nitrogens with zero attached hydrogens (tertiary/aromatic N) is 5. The molecule has 3 heterocycles. The Morgan fingerprint density at radius 2 is 2.00 bits per heavy atom. The molecular weight excluding hydrogens is 410 g/mol. The van der Waals surface area contributed by atoms with Gasteiger partial charge in [-0.3, -0.25) is 4.79 Å². The average Bonchev–Trinajstić information content (AvgIpc) is 3.47. The summed E-state index contributed by atoms with van der Waals surface area (Å²) in [4.78, 5) is 24.9. The molecule has 8 nitrogen and oxygen atoms in total. The summed E-state index contributed by atoms with van der Waals surface area (Å²) in [6.07, 6.45) is 2.35. The standard InChI is InChI=1S/C22H23N7OS/c1-14(30)28-7-9-29(10-8-28)19-5-4-17(12-15(19)13-23)25-22-26-18-6-11-31-20(18)21(27-22)24-16-2-3-16/h4-6,11-12,16H,2-3,7-10H2,1H3,(H2,24,25,26,27). The SMILES string of the molecule is CC(=O)N1CCN(c2ccc(Nc3nc(NC4CC4)c4sccc4n3)cc2C#N)CC1. The fraction of sp³-hybridized carbons (Fsp3) is 0.364. The van der Waals surface area contributed by atoms with Gasteiger partial charge in [-0.05, 0) is 42.5 Å². The molecule has 1 aliphatic carbocycles. The molecule has 1 aliphatic heterocycles. The van der Waals surface area contributed by atoms with Crippen molar-refractivity contribution >= 4 is 50.6 Å². The van der Waals surface area contributed by atoms with Gasteiger partial charge in [-0.15, -0.1) is 11.3 Å². The Bertz CT molecular complexity index is 1170. The van der Waals surface area contributed by atoms with Crippen molar-refractivity contribution in [1.82, 2.24) is 14.9 Å². The second-order valence-electron chi connectivity index (χ2n) is 7.91. The number of thiophene rings is 1. The summed E-state index contributed by atoms with van der Waals surface area (Å²) in [5.74, 6) is 1.48. The van der Waals surface area contributed by atoms with Crippen LogP contribution in [0, 0.1) is 11.3 Å². The number of amides is 1. The normalized spacial score (nSPS) is 16.3. The Labute approximate surface area is 184 Å². The number of piperazine rings is 1. The molecule has 2 N–H and O–H groups in total. The molecule has 2 aromatic heterocycles. The lowest BCUT2D eigenvalue weighted by molar-refractivity contribution is -0.129. The molecule has 31 heavy (non-hydrogen) atoms. The van der Waals surface area contributed by atoms with Gasteiger partial charge in [0.15, 0.2) is 0 Å². The van der Waals surface area contributed by atoms with Crippen LogP contribution in [-0.2, 0) is 4.79 Å². The molecule has 1 saturated carbocycles. The summed E-state index contributed by atoms with van der Waals surface area (Å²) in [5, 5.41) is 18.5. The van der Waals surface area contributed by atoms with E-state index in [0.717, 1.165) is 40.5 Å². The van der Waals surface area contributed by atoms with E-state index in [9.17, 15) is 10.1 Å². The van der Waals surface area contributed by atoms with Crippen molar-refractivity contribution in [2.24, 2.45) is 0 Å². The first-order valence-electron chi connectivity index (χ1n) is 10.4. The molecule has 1 aromatic carbocycles. The Morgan fingerprint density at radius 3 is 2.71 bits per heavy atom. The number of rotatable bonds is 5. The number of benzene rings is 1. The Hall–Kier alpha value is -3.38. The number of fused-ring (bicyclic) bond motifs is 1.